The predicted octanol–water partition coefficient (Wildman–Crippen LogP) is 5.11. The summed E-state index contributed by atoms with van der Waals surface area (Å²) in [5.41, 5.74) is 3.71. The Morgan fingerprint density at radius 2 is 1.65 bits per heavy atom. The van der Waals surface area contributed by atoms with Crippen LogP contribution in [0, 0.1) is 0 Å². The van der Waals surface area contributed by atoms with Crippen LogP contribution in [0.2, 0.25) is 0 Å². The smallest absolute Gasteiger partial charge is 0.133 e. The van der Waals surface area contributed by atoms with Crippen molar-refractivity contribution >= 4 is 34.5 Å². The summed E-state index contributed by atoms with van der Waals surface area (Å²) in [6.07, 6.45) is 1.76. The first kappa shape index (κ1) is 12.4. The van der Waals surface area contributed by atoms with Crippen LogP contribution in [0.4, 0.5) is 0 Å². The average molecular weight is 298 g/mol. The number of hydrogen-bond acceptors (Lipinski definition) is 3. The first-order valence-corrected chi connectivity index (χ1v) is 8.67. The Bertz CT molecular complexity index is 727. The van der Waals surface area contributed by atoms with E-state index in [0.29, 0.717) is 0 Å². The summed E-state index contributed by atoms with van der Waals surface area (Å²) in [5.74, 6) is 2.39. The lowest BCUT2D eigenvalue weighted by Crippen LogP contribution is -2.16. The van der Waals surface area contributed by atoms with Gasteiger partial charge in [-0.1, -0.05) is 36.4 Å². The van der Waals surface area contributed by atoms with E-state index < -0.39 is 0 Å². The maximum absolute atomic E-state index is 5.46. The van der Waals surface area contributed by atoms with Gasteiger partial charge in [0, 0.05) is 16.9 Å². The minimum atomic E-state index is 0.0344. The maximum Gasteiger partial charge on any atom is 0.133 e. The number of furan rings is 1. The van der Waals surface area contributed by atoms with E-state index in [4.69, 9.17) is 4.42 Å². The number of thioether (sulfide) groups is 2. The fourth-order valence-corrected chi connectivity index (χ4v) is 6.01. The van der Waals surface area contributed by atoms with Gasteiger partial charge in [-0.05, 0) is 29.3 Å². The second kappa shape index (κ2) is 4.90. The quantitative estimate of drug-likeness (QED) is 0.652. The highest BCUT2D eigenvalue weighted by atomic mass is 32.2. The monoisotopic (exact) mass is 298 g/mol. The van der Waals surface area contributed by atoms with E-state index in [-0.39, 0.29) is 4.08 Å². The first-order chi connectivity index (χ1) is 9.88. The van der Waals surface area contributed by atoms with Crippen molar-refractivity contribution < 1.29 is 4.42 Å². The molecular weight excluding hydrogens is 284 g/mol. The van der Waals surface area contributed by atoms with Crippen molar-refractivity contribution in [2.24, 2.45) is 0 Å². The zero-order chi connectivity index (χ0) is 13.4. The van der Waals surface area contributed by atoms with Gasteiger partial charge >= 0.3 is 0 Å². The molecule has 0 spiro atoms. The van der Waals surface area contributed by atoms with Gasteiger partial charge in [-0.2, -0.15) is 0 Å². The molecular formula is C17H14OS2. The van der Waals surface area contributed by atoms with Crippen LogP contribution >= 0.6 is 23.5 Å². The van der Waals surface area contributed by atoms with E-state index in [1.165, 1.54) is 28.0 Å². The molecule has 0 N–H and O–H groups in total. The highest BCUT2D eigenvalue weighted by molar-refractivity contribution is 8.20. The van der Waals surface area contributed by atoms with Crippen molar-refractivity contribution in [2.75, 3.05) is 11.5 Å². The van der Waals surface area contributed by atoms with Crippen LogP contribution in [0.3, 0.4) is 0 Å². The molecule has 1 fully saturated rings. The molecule has 2 heterocycles. The summed E-state index contributed by atoms with van der Waals surface area (Å²) >= 11 is 4.08. The molecule has 0 radical (unpaired) electrons. The van der Waals surface area contributed by atoms with E-state index in [1.54, 1.807) is 6.26 Å². The lowest BCUT2D eigenvalue weighted by atomic mass is 10.0. The van der Waals surface area contributed by atoms with Crippen LogP contribution in [-0.4, -0.2) is 11.5 Å². The van der Waals surface area contributed by atoms with Gasteiger partial charge in [-0.25, -0.2) is 0 Å². The lowest BCUT2D eigenvalue weighted by Gasteiger charge is -2.28. The SMILES string of the molecule is c1ccc(C2(c3ccc4occc4c3)SCCS2)cc1. The van der Waals surface area contributed by atoms with Crippen molar-refractivity contribution in [3.63, 3.8) is 0 Å². The molecule has 0 aliphatic carbocycles. The molecule has 20 heavy (non-hydrogen) atoms. The molecule has 1 aromatic heterocycles. The van der Waals surface area contributed by atoms with E-state index in [0.717, 1.165) is 5.58 Å². The van der Waals surface area contributed by atoms with E-state index in [2.05, 4.69) is 48.5 Å². The molecule has 0 atom stereocenters. The molecule has 100 valence electrons. The Hall–Kier alpha value is -1.32. The molecule has 2 aromatic carbocycles. The third-order valence-electron chi connectivity index (χ3n) is 3.68. The summed E-state index contributed by atoms with van der Waals surface area (Å²) in [4.78, 5) is 0. The lowest BCUT2D eigenvalue weighted by molar-refractivity contribution is 0.616. The molecule has 1 aliphatic heterocycles. The zero-order valence-corrected chi connectivity index (χ0v) is 12.5. The van der Waals surface area contributed by atoms with Gasteiger partial charge in [0.25, 0.3) is 0 Å². The van der Waals surface area contributed by atoms with Crippen molar-refractivity contribution in [1.29, 1.82) is 0 Å². The first-order valence-electron chi connectivity index (χ1n) is 6.70. The number of rotatable bonds is 2. The fourth-order valence-electron chi connectivity index (χ4n) is 2.74. The summed E-state index contributed by atoms with van der Waals surface area (Å²) in [6.45, 7) is 0. The molecule has 1 aliphatic rings. The van der Waals surface area contributed by atoms with E-state index >= 15 is 0 Å². The minimum absolute atomic E-state index is 0.0344. The molecule has 1 nitrogen and oxygen atoms in total. The molecule has 3 heteroatoms. The van der Waals surface area contributed by atoms with Crippen molar-refractivity contribution in [1.82, 2.24) is 0 Å². The Morgan fingerprint density at radius 1 is 0.850 bits per heavy atom. The normalized spacial score (nSPS) is 17.6. The third-order valence-corrected chi connectivity index (χ3v) is 7.22. The minimum Gasteiger partial charge on any atom is -0.464 e. The highest BCUT2D eigenvalue weighted by Gasteiger charge is 2.39. The summed E-state index contributed by atoms with van der Waals surface area (Å²) < 4.78 is 5.50. The molecule has 0 saturated carbocycles. The van der Waals surface area contributed by atoms with Crippen LogP contribution in [0.1, 0.15) is 11.1 Å². The molecule has 4 rings (SSSR count). The topological polar surface area (TPSA) is 13.1 Å². The number of fused-ring (bicyclic) bond motifs is 1. The van der Waals surface area contributed by atoms with Crippen LogP contribution in [0.5, 0.6) is 0 Å². The number of benzene rings is 2. The maximum atomic E-state index is 5.46. The van der Waals surface area contributed by atoms with Gasteiger partial charge in [-0.3, -0.25) is 0 Å². The fraction of sp³-hybridized carbons (Fsp3) is 0.176. The number of hydrogen-bond donors (Lipinski definition) is 0. The van der Waals surface area contributed by atoms with Gasteiger partial charge in [0.15, 0.2) is 0 Å². The summed E-state index contributed by atoms with van der Waals surface area (Å²) in [6, 6.07) is 19.5. The molecule has 0 amide bonds. The molecule has 3 aromatic rings. The van der Waals surface area contributed by atoms with Gasteiger partial charge in [-0.15, -0.1) is 23.5 Å². The van der Waals surface area contributed by atoms with Gasteiger partial charge < -0.3 is 4.42 Å². The van der Waals surface area contributed by atoms with Crippen molar-refractivity contribution in [2.45, 2.75) is 4.08 Å². The van der Waals surface area contributed by atoms with Crippen LogP contribution < -0.4 is 0 Å². The Balaban J connectivity index is 1.90. The Morgan fingerprint density at radius 3 is 2.45 bits per heavy atom. The van der Waals surface area contributed by atoms with E-state index in [1.807, 2.05) is 29.6 Å². The van der Waals surface area contributed by atoms with Crippen LogP contribution in [-0.2, 0) is 4.08 Å². The third kappa shape index (κ3) is 1.88. The standard InChI is InChI=1S/C17H14OS2/c1-2-4-14(5-3-1)17(19-10-11-20-17)15-6-7-16-13(12-15)8-9-18-16/h1-9,12H,10-11H2. The second-order valence-electron chi connectivity index (χ2n) is 4.85. The molecule has 0 unspecified atom stereocenters. The van der Waals surface area contributed by atoms with Gasteiger partial charge in [0.2, 0.25) is 0 Å². The van der Waals surface area contributed by atoms with Crippen LogP contribution in [0.25, 0.3) is 11.0 Å². The average Bonchev–Trinajstić information content (AvgIpc) is 3.17. The Kier molecular flexibility index (Phi) is 3.04. The van der Waals surface area contributed by atoms with Crippen molar-refractivity contribution in [3.8, 4) is 0 Å². The largest absolute Gasteiger partial charge is 0.464 e. The van der Waals surface area contributed by atoms with Gasteiger partial charge in [0.1, 0.15) is 9.66 Å². The van der Waals surface area contributed by atoms with Crippen molar-refractivity contribution in [3.05, 3.63) is 72.0 Å². The molecule has 0 bridgehead atoms. The zero-order valence-electron chi connectivity index (χ0n) is 10.9. The molecule has 1 saturated heterocycles. The van der Waals surface area contributed by atoms with E-state index in [9.17, 15) is 0 Å². The van der Waals surface area contributed by atoms with Gasteiger partial charge in [0.05, 0.1) is 6.26 Å². The highest BCUT2D eigenvalue weighted by Crippen LogP contribution is 2.56. The Labute approximate surface area is 126 Å². The summed E-state index contributed by atoms with van der Waals surface area (Å²) in [7, 11) is 0. The summed E-state index contributed by atoms with van der Waals surface area (Å²) in [5, 5.41) is 1.19. The second-order valence-corrected chi connectivity index (χ2v) is 7.73. The predicted molar refractivity (Wildman–Crippen MR) is 88.4 cm³/mol. The van der Waals surface area contributed by atoms with Crippen LogP contribution in [0.15, 0.2) is 65.3 Å².